The molecule has 0 aromatic heterocycles. The smallest absolute Gasteiger partial charge is 0.305 e. The fraction of sp³-hybridized carbons (Fsp3) is 0.941. The molecule has 0 bridgehead atoms. The van der Waals surface area contributed by atoms with E-state index in [0.717, 1.165) is 38.5 Å². The third-order valence-corrected chi connectivity index (χ3v) is 11.1. The maximum atomic E-state index is 11.3. The summed E-state index contributed by atoms with van der Waals surface area (Å²) in [5, 5.41) is 34.7. The van der Waals surface area contributed by atoms with Crippen molar-refractivity contribution in [2.24, 2.45) is 0 Å². The second-order valence-electron chi connectivity index (χ2n) is 17.3. The molecule has 0 spiro atoms. The van der Waals surface area contributed by atoms with Crippen LogP contribution in [-0.4, -0.2) is 57.7 Å². The lowest BCUT2D eigenvalue weighted by atomic mass is 10.0. The normalized spacial score (nSPS) is 11.3. The monoisotopic (exact) mass is 843 g/mol. The topological polar surface area (TPSA) is 141 Å². The second kappa shape index (κ2) is 56.3. The minimum absolute atomic E-state index is 0.103. The van der Waals surface area contributed by atoms with Crippen molar-refractivity contribution < 1.29 is 39.5 Å². The van der Waals surface area contributed by atoms with E-state index in [-0.39, 0.29) is 19.2 Å². The summed E-state index contributed by atoms with van der Waals surface area (Å²) in [6.07, 6.45) is 50.7. The van der Waals surface area contributed by atoms with Crippen molar-refractivity contribution in [1.82, 2.24) is 0 Å². The Labute approximate surface area is 366 Å². The summed E-state index contributed by atoms with van der Waals surface area (Å²) in [4.78, 5) is 32.0. The predicted molar refractivity (Wildman–Crippen MR) is 250 cm³/mol. The van der Waals surface area contributed by atoms with E-state index in [1.807, 2.05) is 0 Å². The molecule has 1 unspecified atom stereocenters. The molecule has 0 aromatic carbocycles. The maximum absolute atomic E-state index is 11.3. The predicted octanol–water partition coefficient (Wildman–Crippen LogP) is 15.5. The summed E-state index contributed by atoms with van der Waals surface area (Å²) >= 11 is 0. The minimum Gasteiger partial charge on any atom is -0.481 e. The molecule has 0 saturated carbocycles. The number of hydrogen-bond acceptors (Lipinski definition) is 6. The van der Waals surface area contributed by atoms with E-state index in [9.17, 15) is 14.4 Å². The summed E-state index contributed by atoms with van der Waals surface area (Å²) in [6.45, 7) is 6.30. The Morgan fingerprint density at radius 3 is 0.763 bits per heavy atom. The van der Waals surface area contributed by atoms with Crippen LogP contribution >= 0.6 is 0 Å². The summed E-state index contributed by atoms with van der Waals surface area (Å²) in [6, 6.07) is 0. The molecule has 0 aromatic rings. The van der Waals surface area contributed by atoms with E-state index in [1.54, 1.807) is 0 Å². The molecule has 0 heterocycles. The van der Waals surface area contributed by atoms with Crippen molar-refractivity contribution in [2.45, 2.75) is 297 Å². The van der Waals surface area contributed by atoms with Gasteiger partial charge < -0.3 is 25.2 Å². The summed E-state index contributed by atoms with van der Waals surface area (Å²) in [7, 11) is 0. The van der Waals surface area contributed by atoms with E-state index in [2.05, 4.69) is 20.8 Å². The van der Waals surface area contributed by atoms with Crippen molar-refractivity contribution in [3.63, 3.8) is 0 Å². The first-order valence-electron chi connectivity index (χ1n) is 25.6. The number of carboxylic acid groups (broad SMARTS) is 2. The Morgan fingerprint density at radius 2 is 0.559 bits per heavy atom. The lowest BCUT2D eigenvalue weighted by Crippen LogP contribution is -2.21. The highest BCUT2D eigenvalue weighted by Gasteiger charge is 2.07. The van der Waals surface area contributed by atoms with Gasteiger partial charge in [0.1, 0.15) is 12.7 Å². The molecule has 0 saturated heterocycles. The van der Waals surface area contributed by atoms with E-state index >= 15 is 0 Å². The molecule has 0 aliphatic carbocycles. The van der Waals surface area contributed by atoms with Crippen molar-refractivity contribution >= 4 is 17.9 Å². The first kappa shape index (κ1) is 61.6. The van der Waals surface area contributed by atoms with E-state index in [1.165, 1.54) is 212 Å². The number of aliphatic hydroxyl groups excluding tert-OH is 2. The Bertz CT molecular complexity index is 780. The lowest BCUT2D eigenvalue weighted by molar-refractivity contribution is -0.147. The van der Waals surface area contributed by atoms with Gasteiger partial charge in [-0.1, -0.05) is 252 Å². The Kier molecular flexibility index (Phi) is 58.8. The number of unbranched alkanes of at least 4 members (excludes halogenated alkanes) is 36. The molecule has 59 heavy (non-hydrogen) atoms. The number of ether oxygens (including phenoxy) is 1. The summed E-state index contributed by atoms with van der Waals surface area (Å²) < 4.78 is 4.85. The first-order chi connectivity index (χ1) is 28.7. The van der Waals surface area contributed by atoms with Crippen LogP contribution in [0.5, 0.6) is 0 Å². The zero-order chi connectivity index (χ0) is 44.1. The zero-order valence-corrected chi connectivity index (χ0v) is 39.6. The number of carboxylic acids is 2. The number of carbonyl (C=O) groups is 3. The van der Waals surface area contributed by atoms with Gasteiger partial charge in [0.15, 0.2) is 0 Å². The van der Waals surface area contributed by atoms with Crippen LogP contribution in [0.3, 0.4) is 0 Å². The van der Waals surface area contributed by atoms with Crippen molar-refractivity contribution in [1.29, 1.82) is 0 Å². The summed E-state index contributed by atoms with van der Waals surface area (Å²) in [5.74, 6) is -1.59. The van der Waals surface area contributed by atoms with Gasteiger partial charge in [-0.3, -0.25) is 14.4 Å². The molecule has 0 fully saturated rings. The van der Waals surface area contributed by atoms with Crippen LogP contribution < -0.4 is 0 Å². The average Bonchev–Trinajstić information content (AvgIpc) is 3.22. The van der Waals surface area contributed by atoms with Crippen LogP contribution in [0.2, 0.25) is 0 Å². The zero-order valence-electron chi connectivity index (χ0n) is 39.6. The quantitative estimate of drug-likeness (QED) is 0.0351. The molecule has 0 radical (unpaired) electrons. The Morgan fingerprint density at radius 1 is 0.356 bits per heavy atom. The molecular weight excluding hydrogens is 741 g/mol. The fourth-order valence-corrected chi connectivity index (χ4v) is 7.19. The van der Waals surface area contributed by atoms with Crippen LogP contribution in [0, 0.1) is 0 Å². The van der Waals surface area contributed by atoms with Gasteiger partial charge in [-0.2, -0.15) is 0 Å². The summed E-state index contributed by atoms with van der Waals surface area (Å²) in [5.41, 5.74) is 0. The van der Waals surface area contributed by atoms with Crippen LogP contribution in [0.1, 0.15) is 290 Å². The first-order valence-corrected chi connectivity index (χ1v) is 25.6. The van der Waals surface area contributed by atoms with Crippen LogP contribution in [0.4, 0.5) is 0 Å². The molecule has 0 rings (SSSR count). The van der Waals surface area contributed by atoms with Crippen LogP contribution in [0.15, 0.2) is 0 Å². The largest absolute Gasteiger partial charge is 0.481 e. The number of aliphatic hydroxyl groups is 2. The van der Waals surface area contributed by atoms with E-state index in [0.29, 0.717) is 19.3 Å². The molecule has 0 aliphatic rings. The third kappa shape index (κ3) is 65.6. The van der Waals surface area contributed by atoms with E-state index in [4.69, 9.17) is 25.2 Å². The Balaban J connectivity index is -0.000000807. The lowest BCUT2D eigenvalue weighted by Gasteiger charge is -2.08. The molecular formula is C51H102O8. The van der Waals surface area contributed by atoms with Crippen LogP contribution in [-0.2, 0) is 19.1 Å². The van der Waals surface area contributed by atoms with Gasteiger partial charge in [-0.15, -0.1) is 0 Å². The highest BCUT2D eigenvalue weighted by atomic mass is 16.5. The van der Waals surface area contributed by atoms with Gasteiger partial charge >= 0.3 is 17.9 Å². The highest BCUT2D eigenvalue weighted by Crippen LogP contribution is 2.15. The Hall–Kier alpha value is -1.67. The molecule has 8 nitrogen and oxygen atoms in total. The molecule has 4 N–H and O–H groups in total. The van der Waals surface area contributed by atoms with Gasteiger partial charge in [-0.05, 0) is 19.3 Å². The highest BCUT2D eigenvalue weighted by molar-refractivity contribution is 5.69. The van der Waals surface area contributed by atoms with Crippen molar-refractivity contribution in [2.75, 3.05) is 13.2 Å². The molecule has 1 atom stereocenters. The van der Waals surface area contributed by atoms with Gasteiger partial charge in [0.2, 0.25) is 0 Å². The molecule has 0 amide bonds. The fourth-order valence-electron chi connectivity index (χ4n) is 7.19. The number of esters is 1. The molecule has 354 valence electrons. The standard InChI is InChI=1S/C19H38O4.2C16H32O2/c1-2-3-4-5-6-7-8-9-10-11-12-13-14-15-19(22)23-17-18(21)16-20;2*1-2-3-4-5-6-7-8-9-10-11-12-13-14-15-16(17)18/h18,20-21H,2-17H2,1H3;2*2-15H2,1H3,(H,17,18). The van der Waals surface area contributed by atoms with Gasteiger partial charge in [0, 0.05) is 19.3 Å². The van der Waals surface area contributed by atoms with Crippen molar-refractivity contribution in [3.8, 4) is 0 Å². The minimum atomic E-state index is -0.953. The molecule has 0 aliphatic heterocycles. The number of rotatable bonds is 45. The SMILES string of the molecule is CCCCCCCCCCCCCCCC(=O)O.CCCCCCCCCCCCCCCC(=O)O.CCCCCCCCCCCCCCCC(=O)OCC(O)CO. The van der Waals surface area contributed by atoms with Crippen LogP contribution in [0.25, 0.3) is 0 Å². The second-order valence-corrected chi connectivity index (χ2v) is 17.3. The number of aliphatic carboxylic acids is 2. The third-order valence-electron chi connectivity index (χ3n) is 11.1. The maximum Gasteiger partial charge on any atom is 0.305 e. The number of hydrogen-bond donors (Lipinski definition) is 4. The van der Waals surface area contributed by atoms with Gasteiger partial charge in [0.25, 0.3) is 0 Å². The van der Waals surface area contributed by atoms with Gasteiger partial charge in [-0.25, -0.2) is 0 Å². The van der Waals surface area contributed by atoms with Gasteiger partial charge in [0.05, 0.1) is 6.61 Å². The van der Waals surface area contributed by atoms with E-state index < -0.39 is 18.0 Å². The van der Waals surface area contributed by atoms with Crippen molar-refractivity contribution in [3.05, 3.63) is 0 Å². The molecule has 8 heteroatoms. The average molecular weight is 843 g/mol. The number of carbonyl (C=O) groups excluding carboxylic acids is 1.